The first kappa shape index (κ1) is 18.1. The monoisotopic (exact) mass is 319 g/mol. The molecule has 0 saturated carbocycles. The molecule has 20 heavy (non-hydrogen) atoms. The Hall–Kier alpha value is -1.92. The van der Waals surface area contributed by atoms with Gasteiger partial charge in [-0.1, -0.05) is 0 Å². The van der Waals surface area contributed by atoms with Gasteiger partial charge < -0.3 is 5.11 Å². The number of aliphatic carboxylic acids is 1. The molecule has 0 spiro atoms. The molecule has 0 fully saturated rings. The number of nitrogens with zero attached hydrogens (tertiary/aromatic N) is 3. The number of hydrogen-bond donors (Lipinski definition) is 1. The van der Waals surface area contributed by atoms with E-state index in [9.17, 15) is 9.18 Å². The highest BCUT2D eigenvalue weighted by atomic mass is 35.5. The zero-order valence-electron chi connectivity index (χ0n) is 10.4. The van der Waals surface area contributed by atoms with E-state index in [4.69, 9.17) is 5.11 Å². The Kier molecular flexibility index (Phi) is 6.89. The Morgan fingerprint density at radius 2 is 2.05 bits per heavy atom. The second kappa shape index (κ2) is 7.62. The van der Waals surface area contributed by atoms with Crippen molar-refractivity contribution in [2.45, 2.75) is 0 Å². The molecule has 2 heterocycles. The van der Waals surface area contributed by atoms with Gasteiger partial charge in [0.25, 0.3) is 0 Å². The third-order valence-electron chi connectivity index (χ3n) is 2.33. The van der Waals surface area contributed by atoms with Crippen LogP contribution in [0.5, 0.6) is 0 Å². The summed E-state index contributed by atoms with van der Waals surface area (Å²) in [6.45, 7) is 0. The van der Waals surface area contributed by atoms with Crippen molar-refractivity contribution < 1.29 is 14.3 Å². The Morgan fingerprint density at radius 1 is 1.35 bits per heavy atom. The SMILES string of the molecule is Cl.Cl.Cn1cc(-c2c(F)cncc2/C=C/C(=O)O)cn1. The van der Waals surface area contributed by atoms with Gasteiger partial charge in [0, 0.05) is 42.2 Å². The third kappa shape index (κ3) is 4.04. The topological polar surface area (TPSA) is 68.0 Å². The van der Waals surface area contributed by atoms with Crippen LogP contribution in [0.15, 0.2) is 30.9 Å². The van der Waals surface area contributed by atoms with E-state index in [1.54, 1.807) is 17.9 Å². The van der Waals surface area contributed by atoms with Crippen LogP contribution in [0, 0.1) is 5.82 Å². The molecule has 0 saturated heterocycles. The van der Waals surface area contributed by atoms with Crippen molar-refractivity contribution in [3.8, 4) is 11.1 Å². The molecule has 2 aromatic heterocycles. The average Bonchev–Trinajstić information content (AvgIpc) is 2.72. The van der Waals surface area contributed by atoms with Crippen LogP contribution in [0.1, 0.15) is 5.56 Å². The quantitative estimate of drug-likeness (QED) is 0.883. The maximum Gasteiger partial charge on any atom is 0.328 e. The van der Waals surface area contributed by atoms with Crippen LogP contribution in [-0.2, 0) is 11.8 Å². The smallest absolute Gasteiger partial charge is 0.328 e. The van der Waals surface area contributed by atoms with E-state index in [0.717, 1.165) is 12.3 Å². The van der Waals surface area contributed by atoms with Crippen molar-refractivity contribution in [3.63, 3.8) is 0 Å². The summed E-state index contributed by atoms with van der Waals surface area (Å²) in [5.74, 6) is -1.62. The fraction of sp³-hybridized carbons (Fsp3) is 0.0833. The molecule has 0 unspecified atom stereocenters. The number of pyridine rings is 1. The van der Waals surface area contributed by atoms with Gasteiger partial charge in [0.05, 0.1) is 12.4 Å². The lowest BCUT2D eigenvalue weighted by molar-refractivity contribution is -0.131. The fourth-order valence-corrected chi connectivity index (χ4v) is 1.59. The van der Waals surface area contributed by atoms with Crippen molar-refractivity contribution in [2.24, 2.45) is 7.05 Å². The third-order valence-corrected chi connectivity index (χ3v) is 2.33. The van der Waals surface area contributed by atoms with Crippen LogP contribution < -0.4 is 0 Å². The molecular formula is C12H12Cl2FN3O2. The van der Waals surface area contributed by atoms with E-state index in [0.29, 0.717) is 11.1 Å². The van der Waals surface area contributed by atoms with Gasteiger partial charge in [0.2, 0.25) is 0 Å². The summed E-state index contributed by atoms with van der Waals surface area (Å²) in [5, 5.41) is 12.6. The minimum Gasteiger partial charge on any atom is -0.478 e. The first-order chi connectivity index (χ1) is 8.58. The highest BCUT2D eigenvalue weighted by Gasteiger charge is 2.11. The van der Waals surface area contributed by atoms with Crippen LogP contribution in [0.3, 0.4) is 0 Å². The van der Waals surface area contributed by atoms with Gasteiger partial charge in [-0.15, -0.1) is 24.8 Å². The lowest BCUT2D eigenvalue weighted by atomic mass is 10.0. The molecule has 108 valence electrons. The first-order valence-electron chi connectivity index (χ1n) is 5.11. The molecule has 8 heteroatoms. The van der Waals surface area contributed by atoms with Crippen molar-refractivity contribution in [1.29, 1.82) is 0 Å². The van der Waals surface area contributed by atoms with Gasteiger partial charge in [0.15, 0.2) is 0 Å². The number of carboxylic acids is 1. The highest BCUT2D eigenvalue weighted by Crippen LogP contribution is 2.26. The number of hydrogen-bond acceptors (Lipinski definition) is 3. The van der Waals surface area contributed by atoms with Crippen molar-refractivity contribution >= 4 is 36.9 Å². The highest BCUT2D eigenvalue weighted by molar-refractivity contribution is 5.87. The molecule has 0 aliphatic rings. The summed E-state index contributed by atoms with van der Waals surface area (Å²) < 4.78 is 15.3. The van der Waals surface area contributed by atoms with Crippen molar-refractivity contribution in [1.82, 2.24) is 14.8 Å². The average molecular weight is 320 g/mol. The molecule has 0 aromatic carbocycles. The summed E-state index contributed by atoms with van der Waals surface area (Å²) in [5.41, 5.74) is 1.25. The van der Waals surface area contributed by atoms with Gasteiger partial charge in [-0.05, 0) is 6.08 Å². The second-order valence-corrected chi connectivity index (χ2v) is 3.66. The lowest BCUT2D eigenvalue weighted by Crippen LogP contribution is -1.92. The maximum atomic E-state index is 13.8. The molecule has 0 radical (unpaired) electrons. The van der Waals surface area contributed by atoms with E-state index in [-0.39, 0.29) is 30.4 Å². The maximum absolute atomic E-state index is 13.8. The lowest BCUT2D eigenvalue weighted by Gasteiger charge is -2.04. The molecule has 0 aliphatic heterocycles. The molecular weight excluding hydrogens is 308 g/mol. The molecule has 0 amide bonds. The number of carbonyl (C=O) groups is 1. The van der Waals surface area contributed by atoms with Crippen LogP contribution in [0.4, 0.5) is 4.39 Å². The predicted molar refractivity (Wildman–Crippen MR) is 77.6 cm³/mol. The summed E-state index contributed by atoms with van der Waals surface area (Å²) in [6, 6.07) is 0. The summed E-state index contributed by atoms with van der Waals surface area (Å²) in [7, 11) is 1.72. The molecule has 5 nitrogen and oxygen atoms in total. The van der Waals surface area contributed by atoms with Crippen molar-refractivity contribution in [3.05, 3.63) is 42.2 Å². The van der Waals surface area contributed by atoms with E-state index >= 15 is 0 Å². The fourth-order valence-electron chi connectivity index (χ4n) is 1.59. The largest absolute Gasteiger partial charge is 0.478 e. The van der Waals surface area contributed by atoms with Gasteiger partial charge in [0.1, 0.15) is 5.82 Å². The molecule has 0 atom stereocenters. The normalized spacial score (nSPS) is 9.90. The molecule has 0 aliphatic carbocycles. The summed E-state index contributed by atoms with van der Waals surface area (Å²) in [4.78, 5) is 14.2. The van der Waals surface area contributed by atoms with Crippen molar-refractivity contribution in [2.75, 3.05) is 0 Å². The number of aromatic nitrogens is 3. The Balaban J connectivity index is 0.00000180. The van der Waals surface area contributed by atoms with E-state index in [1.807, 2.05) is 0 Å². The zero-order valence-corrected chi connectivity index (χ0v) is 12.0. The Labute approximate surface area is 127 Å². The minimum atomic E-state index is -1.10. The number of rotatable bonds is 3. The molecule has 1 N–H and O–H groups in total. The zero-order chi connectivity index (χ0) is 13.1. The number of aryl methyl sites for hydroxylation is 1. The van der Waals surface area contributed by atoms with E-state index in [2.05, 4.69) is 10.1 Å². The van der Waals surface area contributed by atoms with Crippen LogP contribution in [0.2, 0.25) is 0 Å². The van der Waals surface area contributed by atoms with Gasteiger partial charge in [-0.3, -0.25) is 9.67 Å². The van der Waals surface area contributed by atoms with Gasteiger partial charge in [-0.25, -0.2) is 9.18 Å². The molecule has 2 rings (SSSR count). The first-order valence-corrected chi connectivity index (χ1v) is 5.11. The predicted octanol–water partition coefficient (Wildman–Crippen LogP) is 2.56. The minimum absolute atomic E-state index is 0. The van der Waals surface area contributed by atoms with Gasteiger partial charge in [-0.2, -0.15) is 5.10 Å². The second-order valence-electron chi connectivity index (χ2n) is 3.66. The van der Waals surface area contributed by atoms with Crippen LogP contribution in [-0.4, -0.2) is 25.8 Å². The Morgan fingerprint density at radius 3 is 2.60 bits per heavy atom. The molecule has 2 aromatic rings. The van der Waals surface area contributed by atoms with Crippen LogP contribution >= 0.6 is 24.8 Å². The summed E-state index contributed by atoms with van der Waals surface area (Å²) >= 11 is 0. The Bertz CT molecular complexity index is 629. The van der Waals surface area contributed by atoms with E-state index in [1.165, 1.54) is 18.5 Å². The molecule has 0 bridgehead atoms. The standard InChI is InChI=1S/C12H10FN3O2.2ClH/c1-16-7-9(5-15-16)12-8(2-3-11(17)18)4-14-6-10(12)13;;/h2-7H,1H3,(H,17,18);2*1H/b3-2+;;. The summed E-state index contributed by atoms with van der Waals surface area (Å²) in [6.07, 6.45) is 7.90. The number of halogens is 3. The van der Waals surface area contributed by atoms with Gasteiger partial charge >= 0.3 is 5.97 Å². The number of carboxylic acid groups (broad SMARTS) is 1. The van der Waals surface area contributed by atoms with Crippen LogP contribution in [0.25, 0.3) is 17.2 Å². The van der Waals surface area contributed by atoms with E-state index < -0.39 is 11.8 Å².